The summed E-state index contributed by atoms with van der Waals surface area (Å²) in [6.07, 6.45) is 4.51. The highest BCUT2D eigenvalue weighted by Crippen LogP contribution is 2.19. The maximum absolute atomic E-state index is 12.7. The standard InChI is InChI=1S/C27H38N4O3S/c1-22(2)31-18-16-30(17-19-31)15-6-20-34-24-10-12-25(13-11-24)35(32,33)29-14-5-7-23-21-28-27-9-4-3-8-26(23)27/h3-4,8-13,21-22,28-29H,5-7,14-20H2,1-2H3. The SMILES string of the molecule is CC(C)N1CCN(CCCOc2ccc(S(=O)(=O)NCCCc3c[nH]c4ccccc34)cc2)CC1. The molecular weight excluding hydrogens is 460 g/mol. The molecular formula is C27H38N4O3S. The van der Waals surface area contributed by atoms with Crippen LogP contribution in [0.4, 0.5) is 0 Å². The number of hydrogen-bond donors (Lipinski definition) is 2. The minimum atomic E-state index is -3.54. The van der Waals surface area contributed by atoms with Crippen LogP contribution >= 0.6 is 0 Å². The van der Waals surface area contributed by atoms with E-state index in [1.54, 1.807) is 24.3 Å². The van der Waals surface area contributed by atoms with Crippen molar-refractivity contribution >= 4 is 20.9 Å². The zero-order valence-electron chi connectivity index (χ0n) is 20.9. The lowest BCUT2D eigenvalue weighted by atomic mass is 10.1. The second-order valence-corrected chi connectivity index (χ2v) is 11.3. The van der Waals surface area contributed by atoms with Crippen molar-refractivity contribution in [3.63, 3.8) is 0 Å². The number of sulfonamides is 1. The number of fused-ring (bicyclic) bond motifs is 1. The average Bonchev–Trinajstić information content (AvgIpc) is 3.28. The predicted octanol–water partition coefficient (Wildman–Crippen LogP) is 3.87. The van der Waals surface area contributed by atoms with Crippen LogP contribution in [0.5, 0.6) is 5.75 Å². The van der Waals surface area contributed by atoms with Gasteiger partial charge in [-0.1, -0.05) is 18.2 Å². The number of nitrogens with zero attached hydrogens (tertiary/aromatic N) is 2. The fraction of sp³-hybridized carbons (Fsp3) is 0.481. The van der Waals surface area contributed by atoms with E-state index in [4.69, 9.17) is 4.74 Å². The van der Waals surface area contributed by atoms with Crippen LogP contribution in [0.3, 0.4) is 0 Å². The molecule has 1 fully saturated rings. The van der Waals surface area contributed by atoms with Crippen LogP contribution in [0.25, 0.3) is 10.9 Å². The van der Waals surface area contributed by atoms with Gasteiger partial charge in [0.15, 0.2) is 0 Å². The van der Waals surface area contributed by atoms with E-state index in [0.29, 0.717) is 24.9 Å². The van der Waals surface area contributed by atoms with E-state index in [0.717, 1.165) is 57.5 Å². The summed E-state index contributed by atoms with van der Waals surface area (Å²) in [6, 6.07) is 15.5. The van der Waals surface area contributed by atoms with Crippen molar-refractivity contribution in [2.75, 3.05) is 45.9 Å². The average molecular weight is 499 g/mol. The van der Waals surface area contributed by atoms with Crippen molar-refractivity contribution in [2.45, 2.75) is 44.0 Å². The van der Waals surface area contributed by atoms with E-state index in [1.807, 2.05) is 24.4 Å². The zero-order valence-corrected chi connectivity index (χ0v) is 21.7. The topological polar surface area (TPSA) is 77.7 Å². The Kier molecular flexibility index (Phi) is 8.83. The first-order valence-corrected chi connectivity index (χ1v) is 14.1. The summed E-state index contributed by atoms with van der Waals surface area (Å²) in [7, 11) is -3.54. The highest BCUT2D eigenvalue weighted by atomic mass is 32.2. The molecule has 0 unspecified atom stereocenters. The maximum Gasteiger partial charge on any atom is 0.240 e. The van der Waals surface area contributed by atoms with Crippen LogP contribution in [0.15, 0.2) is 59.6 Å². The number of hydrogen-bond acceptors (Lipinski definition) is 5. The van der Waals surface area contributed by atoms with Crippen LogP contribution in [-0.2, 0) is 16.4 Å². The van der Waals surface area contributed by atoms with Crippen LogP contribution in [0, 0.1) is 0 Å². The van der Waals surface area contributed by atoms with Crippen LogP contribution < -0.4 is 9.46 Å². The van der Waals surface area contributed by atoms with Gasteiger partial charge in [-0.2, -0.15) is 0 Å². The molecule has 2 heterocycles. The van der Waals surface area contributed by atoms with Gasteiger partial charge in [-0.05, 0) is 69.0 Å². The first kappa shape index (κ1) is 25.7. The fourth-order valence-corrected chi connectivity index (χ4v) is 5.68. The van der Waals surface area contributed by atoms with Crippen LogP contribution in [0.1, 0.15) is 32.3 Å². The van der Waals surface area contributed by atoms with Crippen molar-refractivity contribution in [2.24, 2.45) is 0 Å². The highest BCUT2D eigenvalue weighted by molar-refractivity contribution is 7.89. The Morgan fingerprint density at radius 2 is 1.74 bits per heavy atom. The lowest BCUT2D eigenvalue weighted by molar-refractivity contribution is 0.104. The Morgan fingerprint density at radius 1 is 1.00 bits per heavy atom. The number of piperazine rings is 1. The van der Waals surface area contributed by atoms with Gasteiger partial charge in [0, 0.05) is 62.4 Å². The first-order chi connectivity index (χ1) is 16.9. The fourth-order valence-electron chi connectivity index (χ4n) is 4.60. The number of benzene rings is 2. The molecule has 2 N–H and O–H groups in total. The molecule has 4 rings (SSSR count). The maximum atomic E-state index is 12.7. The Bertz CT molecular complexity index is 1170. The second kappa shape index (κ2) is 12.0. The molecule has 190 valence electrons. The van der Waals surface area contributed by atoms with Gasteiger partial charge in [0.2, 0.25) is 10.0 Å². The van der Waals surface area contributed by atoms with Gasteiger partial charge in [-0.3, -0.25) is 4.90 Å². The molecule has 1 aromatic heterocycles. The molecule has 0 atom stereocenters. The number of aromatic nitrogens is 1. The molecule has 1 saturated heterocycles. The Morgan fingerprint density at radius 3 is 2.49 bits per heavy atom. The van der Waals surface area contributed by atoms with Gasteiger partial charge in [0.05, 0.1) is 11.5 Å². The third-order valence-electron chi connectivity index (χ3n) is 6.75. The summed E-state index contributed by atoms with van der Waals surface area (Å²) < 4.78 is 33.9. The summed E-state index contributed by atoms with van der Waals surface area (Å²) >= 11 is 0. The molecule has 8 heteroatoms. The Labute approximate surface area is 209 Å². The van der Waals surface area contributed by atoms with E-state index in [-0.39, 0.29) is 4.90 Å². The van der Waals surface area contributed by atoms with Gasteiger partial charge >= 0.3 is 0 Å². The van der Waals surface area contributed by atoms with Crippen LogP contribution in [-0.4, -0.2) is 75.1 Å². The third kappa shape index (κ3) is 7.07. The van der Waals surface area contributed by atoms with Crippen molar-refractivity contribution in [1.29, 1.82) is 0 Å². The van der Waals surface area contributed by atoms with E-state index >= 15 is 0 Å². The summed E-state index contributed by atoms with van der Waals surface area (Å²) in [5, 5.41) is 1.19. The highest BCUT2D eigenvalue weighted by Gasteiger charge is 2.18. The largest absolute Gasteiger partial charge is 0.494 e. The second-order valence-electron chi connectivity index (χ2n) is 9.51. The van der Waals surface area contributed by atoms with E-state index in [2.05, 4.69) is 39.4 Å². The van der Waals surface area contributed by atoms with Crippen molar-refractivity contribution in [3.8, 4) is 5.75 Å². The number of aromatic amines is 1. The molecule has 1 aliphatic heterocycles. The number of nitrogens with one attached hydrogen (secondary N) is 2. The van der Waals surface area contributed by atoms with E-state index in [9.17, 15) is 8.42 Å². The number of ether oxygens (including phenoxy) is 1. The van der Waals surface area contributed by atoms with E-state index < -0.39 is 10.0 Å². The minimum Gasteiger partial charge on any atom is -0.494 e. The summed E-state index contributed by atoms with van der Waals surface area (Å²) in [6.45, 7) is 11.0. The van der Waals surface area contributed by atoms with Gasteiger partial charge in [0.25, 0.3) is 0 Å². The first-order valence-electron chi connectivity index (χ1n) is 12.7. The molecule has 7 nitrogen and oxygen atoms in total. The molecule has 0 spiro atoms. The molecule has 1 aliphatic rings. The van der Waals surface area contributed by atoms with E-state index in [1.165, 1.54) is 10.9 Å². The van der Waals surface area contributed by atoms with Gasteiger partial charge in [0.1, 0.15) is 5.75 Å². The van der Waals surface area contributed by atoms with Gasteiger partial charge in [-0.15, -0.1) is 0 Å². The van der Waals surface area contributed by atoms with Crippen molar-refractivity contribution < 1.29 is 13.2 Å². The molecule has 0 aliphatic carbocycles. The summed E-state index contributed by atoms with van der Waals surface area (Å²) in [5.41, 5.74) is 2.31. The molecule has 0 radical (unpaired) electrons. The van der Waals surface area contributed by atoms with Gasteiger partial charge in [-0.25, -0.2) is 13.1 Å². The lowest BCUT2D eigenvalue weighted by Gasteiger charge is -2.36. The number of para-hydroxylation sites is 1. The normalized spacial score (nSPS) is 15.7. The molecule has 3 aromatic rings. The predicted molar refractivity (Wildman–Crippen MR) is 142 cm³/mol. The lowest BCUT2D eigenvalue weighted by Crippen LogP contribution is -2.49. The molecule has 35 heavy (non-hydrogen) atoms. The molecule has 0 saturated carbocycles. The van der Waals surface area contributed by atoms with Crippen LogP contribution in [0.2, 0.25) is 0 Å². The molecule has 0 amide bonds. The Hall–Kier alpha value is -2.39. The Balaban J connectivity index is 1.15. The van der Waals surface area contributed by atoms with Crippen molar-refractivity contribution in [3.05, 3.63) is 60.3 Å². The summed E-state index contributed by atoms with van der Waals surface area (Å²) in [4.78, 5) is 8.53. The monoisotopic (exact) mass is 498 g/mol. The van der Waals surface area contributed by atoms with Crippen molar-refractivity contribution in [1.82, 2.24) is 19.5 Å². The third-order valence-corrected chi connectivity index (χ3v) is 8.23. The number of H-pyrrole nitrogens is 1. The minimum absolute atomic E-state index is 0.264. The number of aryl methyl sites for hydroxylation is 1. The molecule has 0 bridgehead atoms. The smallest absolute Gasteiger partial charge is 0.240 e. The van der Waals surface area contributed by atoms with Gasteiger partial charge < -0.3 is 14.6 Å². The zero-order chi connectivity index (χ0) is 24.7. The summed E-state index contributed by atoms with van der Waals surface area (Å²) in [5.74, 6) is 0.702. The quantitative estimate of drug-likeness (QED) is 0.371. The number of rotatable bonds is 12. The molecule has 2 aromatic carbocycles.